The van der Waals surface area contributed by atoms with Gasteiger partial charge in [-0.3, -0.25) is 10.0 Å². The molecule has 1 amide bonds. The highest BCUT2D eigenvalue weighted by Crippen LogP contribution is 2.12. The number of hydrogen-bond acceptors (Lipinski definition) is 3. The fourth-order valence-corrected chi connectivity index (χ4v) is 3.13. The van der Waals surface area contributed by atoms with Crippen LogP contribution in [0, 0.1) is 12.7 Å². The zero-order valence-electron chi connectivity index (χ0n) is 16.5. The van der Waals surface area contributed by atoms with E-state index in [1.165, 1.54) is 6.07 Å². The lowest BCUT2D eigenvalue weighted by molar-refractivity contribution is -0.168. The van der Waals surface area contributed by atoms with E-state index in [2.05, 4.69) is 4.90 Å². The number of amides is 1. The van der Waals surface area contributed by atoms with Gasteiger partial charge in [0.2, 0.25) is 5.91 Å². The van der Waals surface area contributed by atoms with Crippen LogP contribution < -0.4 is 0 Å². The van der Waals surface area contributed by atoms with E-state index in [4.69, 9.17) is 11.6 Å². The Hall–Kier alpha value is -1.95. The Kier molecular flexibility index (Phi) is 8.90. The van der Waals surface area contributed by atoms with E-state index < -0.39 is 0 Å². The number of nitrogens with zero attached hydrogens (tertiary/aromatic N) is 2. The van der Waals surface area contributed by atoms with Gasteiger partial charge < -0.3 is 4.90 Å². The summed E-state index contributed by atoms with van der Waals surface area (Å²) in [6.07, 6.45) is 2.85. The first-order valence-electron chi connectivity index (χ1n) is 9.52. The second-order valence-corrected chi connectivity index (χ2v) is 7.61. The summed E-state index contributed by atoms with van der Waals surface area (Å²) >= 11 is 5.83. The van der Waals surface area contributed by atoms with Crippen LogP contribution in [-0.2, 0) is 17.8 Å². The second kappa shape index (κ2) is 11.1. The van der Waals surface area contributed by atoms with E-state index in [1.54, 1.807) is 31.2 Å². The van der Waals surface area contributed by atoms with Crippen molar-refractivity contribution < 1.29 is 14.4 Å². The van der Waals surface area contributed by atoms with Crippen molar-refractivity contribution in [2.75, 3.05) is 20.1 Å². The Morgan fingerprint density at radius 1 is 1.07 bits per heavy atom. The van der Waals surface area contributed by atoms with Crippen molar-refractivity contribution >= 4 is 17.5 Å². The molecule has 28 heavy (non-hydrogen) atoms. The molecule has 0 saturated carbocycles. The van der Waals surface area contributed by atoms with Crippen LogP contribution in [-0.4, -0.2) is 41.2 Å². The van der Waals surface area contributed by atoms with Gasteiger partial charge in [0.05, 0.1) is 6.54 Å². The fraction of sp³-hybridized carbons (Fsp3) is 0.409. The maximum atomic E-state index is 13.3. The normalized spacial score (nSPS) is 11.1. The zero-order valence-corrected chi connectivity index (χ0v) is 17.3. The highest BCUT2D eigenvalue weighted by molar-refractivity contribution is 6.30. The number of halogens is 2. The molecule has 0 aromatic heterocycles. The average molecular weight is 407 g/mol. The van der Waals surface area contributed by atoms with Crippen molar-refractivity contribution in [2.45, 2.75) is 39.2 Å². The lowest BCUT2D eigenvalue weighted by atomic mass is 10.1. The number of carbonyl (C=O) groups is 1. The molecule has 2 aromatic carbocycles. The van der Waals surface area contributed by atoms with Crippen LogP contribution in [0.5, 0.6) is 0 Å². The summed E-state index contributed by atoms with van der Waals surface area (Å²) in [5.74, 6) is -0.454. The Balaban J connectivity index is 1.62. The highest BCUT2D eigenvalue weighted by Gasteiger charge is 2.12. The number of rotatable bonds is 10. The molecule has 0 atom stereocenters. The predicted molar refractivity (Wildman–Crippen MR) is 110 cm³/mol. The zero-order chi connectivity index (χ0) is 20.5. The first-order valence-corrected chi connectivity index (χ1v) is 9.90. The molecular formula is C22H28ClFN2O2. The maximum absolute atomic E-state index is 13.3. The standard InChI is InChI=1S/C22H28ClFN2O2/c1-17-15-18(9-12-21(17)24)5-3-13-25(2)14-4-6-22(27)26(28)16-19-7-10-20(23)11-8-19/h7-12,15,28H,3-6,13-14,16H2,1-2H3. The van der Waals surface area contributed by atoms with E-state index >= 15 is 0 Å². The molecular weight excluding hydrogens is 379 g/mol. The summed E-state index contributed by atoms with van der Waals surface area (Å²) < 4.78 is 13.3. The van der Waals surface area contributed by atoms with Crippen LogP contribution in [0.4, 0.5) is 4.39 Å². The van der Waals surface area contributed by atoms with Crippen LogP contribution in [0.1, 0.15) is 36.0 Å². The molecule has 0 aliphatic rings. The molecule has 0 aliphatic carbocycles. The number of hydrogen-bond donors (Lipinski definition) is 1. The molecule has 1 N–H and O–H groups in total. The SMILES string of the molecule is Cc1cc(CCCN(C)CCCC(=O)N(O)Cc2ccc(Cl)cc2)ccc1F. The Morgan fingerprint density at radius 3 is 2.39 bits per heavy atom. The molecule has 0 spiro atoms. The highest BCUT2D eigenvalue weighted by atomic mass is 35.5. The van der Waals surface area contributed by atoms with E-state index in [0.717, 1.165) is 42.1 Å². The van der Waals surface area contributed by atoms with Crippen LogP contribution in [0.25, 0.3) is 0 Å². The Labute approximate surface area is 171 Å². The quantitative estimate of drug-likeness (QED) is 0.453. The smallest absolute Gasteiger partial charge is 0.246 e. The van der Waals surface area contributed by atoms with Crippen molar-refractivity contribution in [3.8, 4) is 0 Å². The molecule has 0 fully saturated rings. The summed E-state index contributed by atoms with van der Waals surface area (Å²) in [6.45, 7) is 3.61. The first-order chi connectivity index (χ1) is 13.3. The number of benzene rings is 2. The van der Waals surface area contributed by atoms with Crippen LogP contribution >= 0.6 is 11.6 Å². The lowest BCUT2D eigenvalue weighted by Crippen LogP contribution is -2.28. The second-order valence-electron chi connectivity index (χ2n) is 7.17. The molecule has 2 aromatic rings. The van der Waals surface area contributed by atoms with Gasteiger partial charge in [0.25, 0.3) is 0 Å². The van der Waals surface area contributed by atoms with E-state index in [1.807, 2.05) is 19.2 Å². The molecule has 2 rings (SSSR count). The number of hydroxylamine groups is 2. The minimum Gasteiger partial charge on any atom is -0.306 e. The Morgan fingerprint density at radius 2 is 1.71 bits per heavy atom. The van der Waals surface area contributed by atoms with Crippen molar-refractivity contribution in [1.82, 2.24) is 9.96 Å². The number of aryl methyl sites for hydroxylation is 2. The molecule has 0 aliphatic heterocycles. The van der Waals surface area contributed by atoms with Crippen LogP contribution in [0.15, 0.2) is 42.5 Å². The van der Waals surface area contributed by atoms with E-state index in [9.17, 15) is 14.4 Å². The van der Waals surface area contributed by atoms with E-state index in [-0.39, 0.29) is 18.3 Å². The van der Waals surface area contributed by atoms with Gasteiger partial charge in [-0.25, -0.2) is 9.45 Å². The van der Waals surface area contributed by atoms with Crippen molar-refractivity contribution in [1.29, 1.82) is 0 Å². The third kappa shape index (κ3) is 7.58. The third-order valence-electron chi connectivity index (χ3n) is 4.69. The van der Waals surface area contributed by atoms with E-state index in [0.29, 0.717) is 23.4 Å². The van der Waals surface area contributed by atoms with Gasteiger partial charge in [-0.05, 0) is 81.2 Å². The molecule has 0 radical (unpaired) electrons. The van der Waals surface area contributed by atoms with Crippen molar-refractivity contribution in [3.63, 3.8) is 0 Å². The molecule has 0 saturated heterocycles. The van der Waals surface area contributed by atoms with Gasteiger partial charge in [-0.2, -0.15) is 0 Å². The minimum absolute atomic E-state index is 0.156. The van der Waals surface area contributed by atoms with Gasteiger partial charge in [0.1, 0.15) is 5.82 Å². The van der Waals surface area contributed by atoms with Crippen molar-refractivity contribution in [3.05, 3.63) is 70.0 Å². The topological polar surface area (TPSA) is 43.8 Å². The summed E-state index contributed by atoms with van der Waals surface area (Å²) in [5.41, 5.74) is 2.64. The van der Waals surface area contributed by atoms with Gasteiger partial charge in [-0.15, -0.1) is 0 Å². The molecule has 0 bridgehead atoms. The van der Waals surface area contributed by atoms with Crippen LogP contribution in [0.2, 0.25) is 5.02 Å². The average Bonchev–Trinajstić information content (AvgIpc) is 2.66. The third-order valence-corrected chi connectivity index (χ3v) is 4.94. The van der Waals surface area contributed by atoms with Gasteiger partial charge >= 0.3 is 0 Å². The molecule has 0 unspecified atom stereocenters. The summed E-state index contributed by atoms with van der Waals surface area (Å²) in [5, 5.41) is 11.3. The minimum atomic E-state index is -0.287. The molecule has 0 heterocycles. The molecule has 152 valence electrons. The van der Waals surface area contributed by atoms with Crippen LogP contribution in [0.3, 0.4) is 0 Å². The summed E-state index contributed by atoms with van der Waals surface area (Å²) in [6, 6.07) is 12.3. The maximum Gasteiger partial charge on any atom is 0.246 e. The Bertz CT molecular complexity index is 768. The molecule has 4 nitrogen and oxygen atoms in total. The summed E-state index contributed by atoms with van der Waals surface area (Å²) in [4.78, 5) is 14.2. The van der Waals surface area contributed by atoms with Gasteiger partial charge in [0.15, 0.2) is 0 Å². The van der Waals surface area contributed by atoms with Crippen molar-refractivity contribution in [2.24, 2.45) is 0 Å². The fourth-order valence-electron chi connectivity index (χ4n) is 3.01. The van der Waals surface area contributed by atoms with Gasteiger partial charge in [-0.1, -0.05) is 35.9 Å². The molecule has 6 heteroatoms. The summed E-state index contributed by atoms with van der Waals surface area (Å²) in [7, 11) is 2.02. The predicted octanol–water partition coefficient (Wildman–Crippen LogP) is 4.85. The first kappa shape index (κ1) is 22.3. The monoisotopic (exact) mass is 406 g/mol. The lowest BCUT2D eigenvalue weighted by Gasteiger charge is -2.18. The number of carbonyl (C=O) groups excluding carboxylic acids is 1. The largest absolute Gasteiger partial charge is 0.306 e. The van der Waals surface area contributed by atoms with Gasteiger partial charge in [0, 0.05) is 11.4 Å².